The highest BCUT2D eigenvalue weighted by molar-refractivity contribution is 6.31. The van der Waals surface area contributed by atoms with Gasteiger partial charge in [0.05, 0.1) is 5.69 Å². The minimum Gasteiger partial charge on any atom is -0.484 e. The number of hydrogen-bond donors (Lipinski definition) is 2. The molecule has 0 unspecified atom stereocenters. The Morgan fingerprint density at radius 1 is 1.03 bits per heavy atom. The molecule has 0 spiro atoms. The maximum Gasteiger partial charge on any atom is 0.266 e. The molecule has 6 nitrogen and oxygen atoms in total. The molecule has 0 radical (unpaired) electrons. The van der Waals surface area contributed by atoms with Gasteiger partial charge in [-0.25, -0.2) is 4.39 Å². The fraction of sp³-hybridized carbons (Fsp3) is 0.0417. The van der Waals surface area contributed by atoms with Gasteiger partial charge in [-0.1, -0.05) is 41.9 Å². The summed E-state index contributed by atoms with van der Waals surface area (Å²) in [5.74, 6) is -1.33. The van der Waals surface area contributed by atoms with Gasteiger partial charge in [0, 0.05) is 10.7 Å². The first-order valence-electron chi connectivity index (χ1n) is 9.40. The Morgan fingerprint density at radius 3 is 2.56 bits per heavy atom. The third-order valence-corrected chi connectivity index (χ3v) is 4.37. The zero-order chi connectivity index (χ0) is 22.9. The van der Waals surface area contributed by atoms with Gasteiger partial charge < -0.3 is 15.4 Å². The van der Waals surface area contributed by atoms with Crippen LogP contribution in [0.25, 0.3) is 6.08 Å². The lowest BCUT2D eigenvalue weighted by Gasteiger charge is -2.09. The third-order valence-electron chi connectivity index (χ3n) is 4.13. The maximum atomic E-state index is 13.6. The van der Waals surface area contributed by atoms with Crippen LogP contribution >= 0.6 is 11.6 Å². The summed E-state index contributed by atoms with van der Waals surface area (Å²) in [6.45, 7) is -0.345. The van der Waals surface area contributed by atoms with Crippen molar-refractivity contribution in [3.8, 4) is 11.8 Å². The van der Waals surface area contributed by atoms with E-state index in [0.29, 0.717) is 22.0 Å². The molecule has 0 saturated carbocycles. The second-order valence-electron chi connectivity index (χ2n) is 6.52. The molecule has 0 aromatic heterocycles. The summed E-state index contributed by atoms with van der Waals surface area (Å²) >= 11 is 5.90. The molecule has 0 saturated heterocycles. The molecule has 3 aromatic carbocycles. The predicted octanol–water partition coefficient (Wildman–Crippen LogP) is 5.04. The van der Waals surface area contributed by atoms with Gasteiger partial charge in [-0.2, -0.15) is 5.26 Å². The number of rotatable bonds is 7. The number of hydrogen-bond acceptors (Lipinski definition) is 4. The first-order valence-corrected chi connectivity index (χ1v) is 9.78. The Morgan fingerprint density at radius 2 is 1.81 bits per heavy atom. The molecule has 0 fully saturated rings. The van der Waals surface area contributed by atoms with Crippen molar-refractivity contribution in [2.24, 2.45) is 0 Å². The maximum absolute atomic E-state index is 13.6. The van der Waals surface area contributed by atoms with E-state index < -0.39 is 17.6 Å². The summed E-state index contributed by atoms with van der Waals surface area (Å²) < 4.78 is 19.1. The Balaban J connectivity index is 1.64. The average Bonchev–Trinajstić information content (AvgIpc) is 2.78. The first kappa shape index (κ1) is 22.5. The summed E-state index contributed by atoms with van der Waals surface area (Å²) in [5.41, 5.74) is 0.915. The van der Waals surface area contributed by atoms with E-state index in [0.717, 1.165) is 0 Å². The van der Waals surface area contributed by atoms with Crippen molar-refractivity contribution in [1.29, 1.82) is 5.26 Å². The molecular formula is C24H17ClFN3O3. The molecule has 8 heteroatoms. The SMILES string of the molecule is N#C/C(=C/c1cccc(OCC(=O)Nc2ccccc2F)c1)C(=O)Nc1cccc(Cl)c1. The summed E-state index contributed by atoms with van der Waals surface area (Å²) in [7, 11) is 0. The van der Waals surface area contributed by atoms with Crippen LogP contribution in [0.2, 0.25) is 5.02 Å². The lowest BCUT2D eigenvalue weighted by Crippen LogP contribution is -2.20. The molecule has 3 aromatic rings. The van der Waals surface area contributed by atoms with Crippen LogP contribution in [0.3, 0.4) is 0 Å². The summed E-state index contributed by atoms with van der Waals surface area (Å²) in [4.78, 5) is 24.4. The van der Waals surface area contributed by atoms with Crippen LogP contribution < -0.4 is 15.4 Å². The first-order chi connectivity index (χ1) is 15.4. The summed E-state index contributed by atoms with van der Waals surface area (Å²) in [6.07, 6.45) is 1.39. The number of ether oxygens (including phenoxy) is 1. The van der Waals surface area contributed by atoms with Crippen molar-refractivity contribution in [3.05, 3.63) is 94.8 Å². The Bertz CT molecular complexity index is 1220. The van der Waals surface area contributed by atoms with Crippen LogP contribution in [-0.4, -0.2) is 18.4 Å². The molecule has 32 heavy (non-hydrogen) atoms. The largest absolute Gasteiger partial charge is 0.484 e. The van der Waals surface area contributed by atoms with Crippen molar-refractivity contribution in [2.75, 3.05) is 17.2 Å². The predicted molar refractivity (Wildman–Crippen MR) is 121 cm³/mol. The molecular weight excluding hydrogens is 433 g/mol. The Hall–Kier alpha value is -4.15. The third kappa shape index (κ3) is 6.42. The number of para-hydroxylation sites is 1. The van der Waals surface area contributed by atoms with Crippen LogP contribution in [0.5, 0.6) is 5.75 Å². The molecule has 0 aliphatic rings. The van der Waals surface area contributed by atoms with Crippen LogP contribution in [0.4, 0.5) is 15.8 Å². The molecule has 2 N–H and O–H groups in total. The molecule has 0 aliphatic carbocycles. The normalized spacial score (nSPS) is 10.7. The highest BCUT2D eigenvalue weighted by atomic mass is 35.5. The number of anilines is 2. The smallest absolute Gasteiger partial charge is 0.266 e. The van der Waals surface area contributed by atoms with Crippen LogP contribution in [0.1, 0.15) is 5.56 Å². The summed E-state index contributed by atoms with van der Waals surface area (Å²) in [5, 5.41) is 14.9. The zero-order valence-corrected chi connectivity index (χ0v) is 17.4. The van der Waals surface area contributed by atoms with Crippen molar-refractivity contribution in [2.45, 2.75) is 0 Å². The van der Waals surface area contributed by atoms with E-state index in [1.807, 2.05) is 6.07 Å². The van der Waals surface area contributed by atoms with Crippen molar-refractivity contribution >= 4 is 40.9 Å². The van der Waals surface area contributed by atoms with Crippen molar-refractivity contribution in [3.63, 3.8) is 0 Å². The molecule has 3 rings (SSSR count). The van der Waals surface area contributed by atoms with Gasteiger partial charge in [-0.15, -0.1) is 0 Å². The molecule has 0 atom stereocenters. The van der Waals surface area contributed by atoms with E-state index in [1.165, 1.54) is 24.3 Å². The van der Waals surface area contributed by atoms with Gasteiger partial charge in [0.1, 0.15) is 23.2 Å². The fourth-order valence-electron chi connectivity index (χ4n) is 2.67. The number of amides is 2. The van der Waals surface area contributed by atoms with Gasteiger partial charge >= 0.3 is 0 Å². The number of nitrogens with one attached hydrogen (secondary N) is 2. The van der Waals surface area contributed by atoms with Crippen LogP contribution in [0, 0.1) is 17.1 Å². The van der Waals surface area contributed by atoms with E-state index in [-0.39, 0.29) is 17.9 Å². The number of benzene rings is 3. The van der Waals surface area contributed by atoms with Crippen molar-refractivity contribution in [1.82, 2.24) is 0 Å². The van der Waals surface area contributed by atoms with Gasteiger partial charge in [0.25, 0.3) is 11.8 Å². The van der Waals surface area contributed by atoms with Gasteiger partial charge in [0.2, 0.25) is 0 Å². The van der Waals surface area contributed by atoms with Crippen LogP contribution in [0.15, 0.2) is 78.4 Å². The lowest BCUT2D eigenvalue weighted by molar-refractivity contribution is -0.118. The highest BCUT2D eigenvalue weighted by Gasteiger charge is 2.11. The average molecular weight is 450 g/mol. The van der Waals surface area contributed by atoms with E-state index >= 15 is 0 Å². The second kappa shape index (κ2) is 10.8. The molecule has 0 aliphatic heterocycles. The van der Waals surface area contributed by atoms with E-state index in [1.54, 1.807) is 54.6 Å². The number of carbonyl (C=O) groups is 2. The quantitative estimate of drug-likeness (QED) is 0.390. The molecule has 160 valence electrons. The van der Waals surface area contributed by atoms with Gasteiger partial charge in [0.15, 0.2) is 6.61 Å². The fourth-order valence-corrected chi connectivity index (χ4v) is 2.86. The van der Waals surface area contributed by atoms with Crippen LogP contribution in [-0.2, 0) is 9.59 Å². The van der Waals surface area contributed by atoms with E-state index in [4.69, 9.17) is 16.3 Å². The van der Waals surface area contributed by atoms with Gasteiger partial charge in [-0.3, -0.25) is 9.59 Å². The van der Waals surface area contributed by atoms with Gasteiger partial charge in [-0.05, 0) is 54.1 Å². The minimum atomic E-state index is -0.592. The number of nitriles is 1. The van der Waals surface area contributed by atoms with Crippen molar-refractivity contribution < 1.29 is 18.7 Å². The lowest BCUT2D eigenvalue weighted by atomic mass is 10.1. The number of carbonyl (C=O) groups excluding carboxylic acids is 2. The highest BCUT2D eigenvalue weighted by Crippen LogP contribution is 2.19. The monoisotopic (exact) mass is 449 g/mol. The number of halogens is 2. The standard InChI is InChI=1S/C24H17ClFN3O3/c25-18-6-4-7-19(13-18)28-24(31)17(14-27)11-16-5-3-8-20(12-16)32-15-23(30)29-22-10-2-1-9-21(22)26/h1-13H,15H2,(H,28,31)(H,29,30)/b17-11-. The molecule has 2 amide bonds. The zero-order valence-electron chi connectivity index (χ0n) is 16.6. The number of nitrogens with zero attached hydrogens (tertiary/aromatic N) is 1. The topological polar surface area (TPSA) is 91.2 Å². The summed E-state index contributed by atoms with van der Waals surface area (Å²) in [6, 6.07) is 20.7. The Labute approximate surface area is 188 Å². The second-order valence-corrected chi connectivity index (χ2v) is 6.96. The molecule has 0 heterocycles. The van der Waals surface area contributed by atoms with E-state index in [2.05, 4.69) is 10.6 Å². The molecule has 0 bridgehead atoms. The Kier molecular flexibility index (Phi) is 7.57. The van der Waals surface area contributed by atoms with E-state index in [9.17, 15) is 19.2 Å². The minimum absolute atomic E-state index is 0.0576.